The standard InChI is InChI=1S/C18H17BrN2O5S/c19-15-7-6-12(11-16(15)27(25,26)21-8-1-2-9-21)17(22)20-14-5-3-4-13(10-14)18(23)24/h3-7,10-11H,1-2,8-9H2,(H,20,22)(H,23,24). The highest BCUT2D eigenvalue weighted by atomic mass is 79.9. The summed E-state index contributed by atoms with van der Waals surface area (Å²) >= 11 is 3.25. The van der Waals surface area contributed by atoms with Crippen molar-refractivity contribution in [3.05, 3.63) is 58.1 Å². The molecule has 1 aliphatic heterocycles. The first-order valence-electron chi connectivity index (χ1n) is 8.23. The molecule has 1 saturated heterocycles. The van der Waals surface area contributed by atoms with E-state index in [9.17, 15) is 18.0 Å². The van der Waals surface area contributed by atoms with Gasteiger partial charge in [-0.1, -0.05) is 6.07 Å². The Morgan fingerprint density at radius 2 is 1.74 bits per heavy atom. The lowest BCUT2D eigenvalue weighted by Gasteiger charge is -2.17. The maximum Gasteiger partial charge on any atom is 0.335 e. The molecule has 142 valence electrons. The monoisotopic (exact) mass is 452 g/mol. The van der Waals surface area contributed by atoms with Gasteiger partial charge in [-0.05, 0) is 65.2 Å². The van der Waals surface area contributed by atoms with Crippen molar-refractivity contribution in [2.45, 2.75) is 17.7 Å². The van der Waals surface area contributed by atoms with Gasteiger partial charge in [0.25, 0.3) is 5.91 Å². The molecule has 1 aliphatic rings. The van der Waals surface area contributed by atoms with Crippen molar-refractivity contribution in [3.63, 3.8) is 0 Å². The van der Waals surface area contributed by atoms with Crippen molar-refractivity contribution in [1.82, 2.24) is 4.31 Å². The number of carboxylic acids is 1. The van der Waals surface area contributed by atoms with Crippen LogP contribution in [0.4, 0.5) is 5.69 Å². The highest BCUT2D eigenvalue weighted by molar-refractivity contribution is 9.10. The number of carboxylic acid groups (broad SMARTS) is 1. The van der Waals surface area contributed by atoms with Crippen LogP contribution in [0.1, 0.15) is 33.6 Å². The van der Waals surface area contributed by atoms with Gasteiger partial charge in [-0.2, -0.15) is 4.31 Å². The average molecular weight is 453 g/mol. The number of rotatable bonds is 5. The maximum atomic E-state index is 12.8. The minimum atomic E-state index is -3.69. The largest absolute Gasteiger partial charge is 0.478 e. The van der Waals surface area contributed by atoms with E-state index in [-0.39, 0.29) is 16.0 Å². The summed E-state index contributed by atoms with van der Waals surface area (Å²) in [6.45, 7) is 0.931. The second-order valence-electron chi connectivity index (χ2n) is 6.10. The Morgan fingerprint density at radius 3 is 2.41 bits per heavy atom. The third-order valence-corrected chi connectivity index (χ3v) is 7.14. The first kappa shape index (κ1) is 19.5. The molecular formula is C18H17BrN2O5S. The van der Waals surface area contributed by atoms with Gasteiger partial charge in [0.2, 0.25) is 10.0 Å². The minimum Gasteiger partial charge on any atom is -0.478 e. The number of nitrogens with zero attached hydrogens (tertiary/aromatic N) is 1. The van der Waals surface area contributed by atoms with Crippen LogP contribution in [-0.4, -0.2) is 42.8 Å². The van der Waals surface area contributed by atoms with Gasteiger partial charge in [0.05, 0.1) is 10.5 Å². The molecule has 2 N–H and O–H groups in total. The molecule has 0 radical (unpaired) electrons. The quantitative estimate of drug-likeness (QED) is 0.724. The van der Waals surface area contributed by atoms with Crippen LogP contribution in [0, 0.1) is 0 Å². The Hall–Kier alpha value is -2.23. The van der Waals surface area contributed by atoms with E-state index < -0.39 is 21.9 Å². The zero-order valence-corrected chi connectivity index (χ0v) is 16.6. The number of carbonyl (C=O) groups excluding carboxylic acids is 1. The molecule has 0 aliphatic carbocycles. The van der Waals surface area contributed by atoms with Gasteiger partial charge in [-0.15, -0.1) is 0 Å². The Balaban J connectivity index is 1.88. The molecule has 0 saturated carbocycles. The molecule has 0 spiro atoms. The predicted octanol–water partition coefficient (Wildman–Crippen LogP) is 3.18. The molecule has 1 heterocycles. The molecule has 9 heteroatoms. The average Bonchev–Trinajstić information content (AvgIpc) is 3.17. The minimum absolute atomic E-state index is 0.0383. The van der Waals surface area contributed by atoms with Crippen molar-refractivity contribution in [1.29, 1.82) is 0 Å². The molecule has 0 bridgehead atoms. The molecule has 0 unspecified atom stereocenters. The molecule has 1 fully saturated rings. The first-order valence-corrected chi connectivity index (χ1v) is 10.5. The van der Waals surface area contributed by atoms with E-state index >= 15 is 0 Å². The van der Waals surface area contributed by atoms with Gasteiger partial charge in [-0.25, -0.2) is 13.2 Å². The van der Waals surface area contributed by atoms with Gasteiger partial charge < -0.3 is 10.4 Å². The van der Waals surface area contributed by atoms with Crippen molar-refractivity contribution in [3.8, 4) is 0 Å². The highest BCUT2D eigenvalue weighted by Crippen LogP contribution is 2.28. The van der Waals surface area contributed by atoms with Crippen molar-refractivity contribution >= 4 is 43.5 Å². The van der Waals surface area contributed by atoms with E-state index in [2.05, 4.69) is 21.2 Å². The molecule has 0 aromatic heterocycles. The van der Waals surface area contributed by atoms with Gasteiger partial charge in [0.15, 0.2) is 0 Å². The second kappa shape index (κ2) is 7.79. The maximum absolute atomic E-state index is 12.8. The number of sulfonamides is 1. The third-order valence-electron chi connectivity index (χ3n) is 4.24. The first-order chi connectivity index (χ1) is 12.8. The zero-order valence-electron chi connectivity index (χ0n) is 14.2. The number of benzene rings is 2. The Bertz CT molecular complexity index is 1000. The van der Waals surface area contributed by atoms with Crippen LogP contribution in [0.3, 0.4) is 0 Å². The number of carbonyl (C=O) groups is 2. The van der Waals surface area contributed by atoms with Crippen LogP contribution in [0.25, 0.3) is 0 Å². The SMILES string of the molecule is O=C(O)c1cccc(NC(=O)c2ccc(Br)c(S(=O)(=O)N3CCCC3)c2)c1. The van der Waals surface area contributed by atoms with Crippen molar-refractivity contribution < 1.29 is 23.1 Å². The van der Waals surface area contributed by atoms with Crippen LogP contribution >= 0.6 is 15.9 Å². The van der Waals surface area contributed by atoms with Gasteiger partial charge in [0, 0.05) is 28.8 Å². The topological polar surface area (TPSA) is 104 Å². The van der Waals surface area contributed by atoms with Crippen LogP contribution in [-0.2, 0) is 10.0 Å². The fourth-order valence-corrected chi connectivity index (χ4v) is 5.31. The molecule has 3 rings (SSSR count). The van der Waals surface area contributed by atoms with E-state index in [1.807, 2.05) is 0 Å². The van der Waals surface area contributed by atoms with Crippen LogP contribution in [0.2, 0.25) is 0 Å². The predicted molar refractivity (Wildman–Crippen MR) is 103 cm³/mol. The van der Waals surface area contributed by atoms with Gasteiger partial charge in [0.1, 0.15) is 0 Å². The number of amides is 1. The van der Waals surface area contributed by atoms with Crippen LogP contribution in [0.5, 0.6) is 0 Å². The van der Waals surface area contributed by atoms with Gasteiger partial charge >= 0.3 is 5.97 Å². The van der Waals surface area contributed by atoms with Crippen LogP contribution in [0.15, 0.2) is 51.8 Å². The Labute approximate surface area is 165 Å². The summed E-state index contributed by atoms with van der Waals surface area (Å²) in [6.07, 6.45) is 1.63. The van der Waals surface area contributed by atoms with Crippen molar-refractivity contribution in [2.24, 2.45) is 0 Å². The number of hydrogen-bond donors (Lipinski definition) is 2. The Kier molecular flexibility index (Phi) is 5.64. The fourth-order valence-electron chi connectivity index (χ4n) is 2.84. The lowest BCUT2D eigenvalue weighted by atomic mass is 10.1. The van der Waals surface area contributed by atoms with Crippen LogP contribution < -0.4 is 5.32 Å². The van der Waals surface area contributed by atoms with E-state index in [1.54, 1.807) is 6.07 Å². The number of anilines is 1. The third kappa shape index (κ3) is 4.20. The van der Waals surface area contributed by atoms with Crippen molar-refractivity contribution in [2.75, 3.05) is 18.4 Å². The normalized spacial score (nSPS) is 14.9. The molecular weight excluding hydrogens is 436 g/mol. The molecule has 27 heavy (non-hydrogen) atoms. The summed E-state index contributed by atoms with van der Waals surface area (Å²) in [6, 6.07) is 10.2. The summed E-state index contributed by atoms with van der Waals surface area (Å²) in [5.41, 5.74) is 0.518. The summed E-state index contributed by atoms with van der Waals surface area (Å²) in [5, 5.41) is 11.6. The molecule has 1 amide bonds. The lowest BCUT2D eigenvalue weighted by Crippen LogP contribution is -2.28. The van der Waals surface area contributed by atoms with E-state index in [0.29, 0.717) is 23.2 Å². The lowest BCUT2D eigenvalue weighted by molar-refractivity contribution is 0.0696. The number of hydrogen-bond acceptors (Lipinski definition) is 4. The second-order valence-corrected chi connectivity index (χ2v) is 8.86. The molecule has 2 aromatic carbocycles. The molecule has 0 atom stereocenters. The highest BCUT2D eigenvalue weighted by Gasteiger charge is 2.29. The Morgan fingerprint density at radius 1 is 1.04 bits per heavy atom. The smallest absolute Gasteiger partial charge is 0.335 e. The molecule has 7 nitrogen and oxygen atoms in total. The summed E-state index contributed by atoms with van der Waals surface area (Å²) in [4.78, 5) is 23.6. The molecule has 2 aromatic rings. The number of aromatic carboxylic acids is 1. The zero-order chi connectivity index (χ0) is 19.6. The van der Waals surface area contributed by atoms with E-state index in [4.69, 9.17) is 5.11 Å². The summed E-state index contributed by atoms with van der Waals surface area (Å²) < 4.78 is 27.4. The van der Waals surface area contributed by atoms with E-state index in [0.717, 1.165) is 12.8 Å². The van der Waals surface area contributed by atoms with Gasteiger partial charge in [-0.3, -0.25) is 4.79 Å². The number of halogens is 1. The summed E-state index contributed by atoms with van der Waals surface area (Å²) in [5.74, 6) is -1.63. The fraction of sp³-hybridized carbons (Fsp3) is 0.222. The van der Waals surface area contributed by atoms with E-state index in [1.165, 1.54) is 40.7 Å². The summed E-state index contributed by atoms with van der Waals surface area (Å²) in [7, 11) is -3.69. The number of nitrogens with one attached hydrogen (secondary N) is 1.